The number of carbonyl (C=O) groups excluding carboxylic acids is 1. The van der Waals surface area contributed by atoms with E-state index in [9.17, 15) is 4.79 Å². The molecule has 0 saturated heterocycles. The summed E-state index contributed by atoms with van der Waals surface area (Å²) in [7, 11) is 0. The Kier molecular flexibility index (Phi) is 7.28. The monoisotopic (exact) mass is 345 g/mol. The zero-order valence-electron chi connectivity index (χ0n) is 16.7. The van der Waals surface area contributed by atoms with Gasteiger partial charge in [-0.05, 0) is 51.8 Å². The molecule has 0 bridgehead atoms. The maximum absolute atomic E-state index is 11.9. The van der Waals surface area contributed by atoms with E-state index < -0.39 is 11.7 Å². The number of allylic oxidation sites excluding steroid dienone is 1. The number of rotatable bonds is 3. The zero-order valence-corrected chi connectivity index (χ0v) is 16.7. The summed E-state index contributed by atoms with van der Waals surface area (Å²) >= 11 is 0. The Morgan fingerprint density at radius 2 is 1.88 bits per heavy atom. The van der Waals surface area contributed by atoms with Gasteiger partial charge in [0, 0.05) is 22.7 Å². The maximum Gasteiger partial charge on any atom is 0.412 e. The van der Waals surface area contributed by atoms with Crippen molar-refractivity contribution < 1.29 is 13.9 Å². The molecular formula is C21H31NO3. The summed E-state index contributed by atoms with van der Waals surface area (Å²) in [4.78, 5) is 11.9. The van der Waals surface area contributed by atoms with Gasteiger partial charge in [-0.3, -0.25) is 5.32 Å². The second-order valence-electron chi connectivity index (χ2n) is 6.87. The quantitative estimate of drug-likeness (QED) is 0.654. The van der Waals surface area contributed by atoms with E-state index in [2.05, 4.69) is 19.2 Å². The van der Waals surface area contributed by atoms with Gasteiger partial charge in [0.1, 0.15) is 16.9 Å². The Labute approximate surface area is 151 Å². The molecule has 0 radical (unpaired) electrons. The average molecular weight is 345 g/mol. The molecule has 2 aromatic rings. The number of hydrogen-bond donors (Lipinski definition) is 1. The second-order valence-corrected chi connectivity index (χ2v) is 6.87. The summed E-state index contributed by atoms with van der Waals surface area (Å²) in [6.45, 7) is 15.8. The molecule has 0 aliphatic carbocycles. The highest BCUT2D eigenvalue weighted by Gasteiger charge is 2.18. The first-order chi connectivity index (χ1) is 11.7. The fourth-order valence-electron chi connectivity index (χ4n) is 2.51. The van der Waals surface area contributed by atoms with E-state index in [-0.39, 0.29) is 0 Å². The van der Waals surface area contributed by atoms with Gasteiger partial charge in [0.25, 0.3) is 0 Å². The Hall–Kier alpha value is -2.23. The van der Waals surface area contributed by atoms with E-state index in [1.54, 1.807) is 0 Å². The Morgan fingerprint density at radius 1 is 1.24 bits per heavy atom. The van der Waals surface area contributed by atoms with Crippen LogP contribution in [0.15, 0.2) is 28.7 Å². The largest absolute Gasteiger partial charge is 0.456 e. The van der Waals surface area contributed by atoms with E-state index in [0.717, 1.165) is 16.7 Å². The molecule has 0 unspecified atom stereocenters. The summed E-state index contributed by atoms with van der Waals surface area (Å²) in [5.41, 5.74) is 2.07. The first-order valence-electron chi connectivity index (χ1n) is 8.90. The van der Waals surface area contributed by atoms with Crippen LogP contribution < -0.4 is 5.32 Å². The number of carbonyl (C=O) groups is 1. The molecule has 1 aromatic heterocycles. The molecule has 1 heterocycles. The molecule has 4 nitrogen and oxygen atoms in total. The van der Waals surface area contributed by atoms with Crippen LogP contribution in [-0.2, 0) is 4.74 Å². The van der Waals surface area contributed by atoms with Gasteiger partial charge in [-0.25, -0.2) is 4.79 Å². The third kappa shape index (κ3) is 5.66. The predicted molar refractivity (Wildman–Crippen MR) is 106 cm³/mol. The number of nitrogens with one attached hydrogen (secondary N) is 1. The van der Waals surface area contributed by atoms with Crippen molar-refractivity contribution >= 4 is 28.8 Å². The van der Waals surface area contributed by atoms with Crippen LogP contribution in [0.3, 0.4) is 0 Å². The van der Waals surface area contributed by atoms with Gasteiger partial charge >= 0.3 is 6.09 Å². The van der Waals surface area contributed by atoms with Crippen LogP contribution in [0.1, 0.15) is 72.6 Å². The van der Waals surface area contributed by atoms with Gasteiger partial charge in [0.15, 0.2) is 0 Å². The highest BCUT2D eigenvalue weighted by atomic mass is 16.6. The van der Waals surface area contributed by atoms with Crippen LogP contribution in [-0.4, -0.2) is 11.7 Å². The second kappa shape index (κ2) is 8.75. The molecule has 0 saturated carbocycles. The van der Waals surface area contributed by atoms with Crippen molar-refractivity contribution in [1.29, 1.82) is 0 Å². The number of anilines is 1. The summed E-state index contributed by atoms with van der Waals surface area (Å²) in [5.74, 6) is 1.22. The maximum atomic E-state index is 11.9. The summed E-state index contributed by atoms with van der Waals surface area (Å²) in [6, 6.07) is 5.68. The lowest BCUT2D eigenvalue weighted by molar-refractivity contribution is 0.0636. The smallest absolute Gasteiger partial charge is 0.412 e. The zero-order chi connectivity index (χ0) is 19.2. The standard InChI is InChI=1S/C19H25NO3.C2H6/c1-7-8-15-17(12(2)3)14-10-9-13(11-16(14)22-15)20-18(21)23-19(4,5)6;1-2/h7-12H,1-6H3,(H,20,21);1-2H3/b8-7-;. The lowest BCUT2D eigenvalue weighted by atomic mass is 9.99. The predicted octanol–water partition coefficient (Wildman–Crippen LogP) is 6.96. The average Bonchev–Trinajstić information content (AvgIpc) is 2.85. The lowest BCUT2D eigenvalue weighted by Crippen LogP contribution is -2.27. The lowest BCUT2D eigenvalue weighted by Gasteiger charge is -2.19. The molecular weight excluding hydrogens is 314 g/mol. The minimum Gasteiger partial charge on any atom is -0.456 e. The molecule has 2 rings (SSSR count). The Morgan fingerprint density at radius 3 is 2.40 bits per heavy atom. The topological polar surface area (TPSA) is 51.5 Å². The van der Waals surface area contributed by atoms with Gasteiger partial charge in [-0.15, -0.1) is 0 Å². The molecule has 0 fully saturated rings. The Bertz CT molecular complexity index is 733. The number of ether oxygens (including phenoxy) is 1. The highest BCUT2D eigenvalue weighted by molar-refractivity contribution is 5.92. The normalized spacial score (nSPS) is 11.6. The van der Waals surface area contributed by atoms with Crippen LogP contribution >= 0.6 is 0 Å². The highest BCUT2D eigenvalue weighted by Crippen LogP contribution is 2.34. The Balaban J connectivity index is 0.00000151. The van der Waals surface area contributed by atoms with Crippen LogP contribution in [0.25, 0.3) is 17.0 Å². The summed E-state index contributed by atoms with van der Waals surface area (Å²) < 4.78 is 11.2. The fourth-order valence-corrected chi connectivity index (χ4v) is 2.51. The van der Waals surface area contributed by atoms with Crippen LogP contribution in [0.4, 0.5) is 10.5 Å². The third-order valence-corrected chi connectivity index (χ3v) is 3.30. The van der Waals surface area contributed by atoms with Gasteiger partial charge in [-0.2, -0.15) is 0 Å². The molecule has 1 amide bonds. The van der Waals surface area contributed by atoms with E-state index in [4.69, 9.17) is 9.15 Å². The van der Waals surface area contributed by atoms with Crippen LogP contribution in [0.5, 0.6) is 0 Å². The fraction of sp³-hybridized carbons (Fsp3) is 0.476. The van der Waals surface area contributed by atoms with E-state index in [1.165, 1.54) is 5.56 Å². The van der Waals surface area contributed by atoms with E-state index >= 15 is 0 Å². The van der Waals surface area contributed by atoms with Crippen molar-refractivity contribution in [3.05, 3.63) is 35.6 Å². The van der Waals surface area contributed by atoms with Crippen LogP contribution in [0, 0.1) is 0 Å². The van der Waals surface area contributed by atoms with Crippen molar-refractivity contribution in [2.45, 2.75) is 66.9 Å². The molecule has 25 heavy (non-hydrogen) atoms. The number of benzene rings is 1. The SMILES string of the molecule is C/C=C\c1oc2cc(NC(=O)OC(C)(C)C)ccc2c1C(C)C.CC. The molecule has 0 atom stereocenters. The summed E-state index contributed by atoms with van der Waals surface area (Å²) in [6.07, 6.45) is 3.46. The number of furan rings is 1. The third-order valence-electron chi connectivity index (χ3n) is 3.30. The number of amides is 1. The van der Waals surface area contributed by atoms with E-state index in [1.807, 2.05) is 71.9 Å². The van der Waals surface area contributed by atoms with E-state index in [0.29, 0.717) is 11.6 Å². The molecule has 138 valence electrons. The molecule has 0 spiro atoms. The summed E-state index contributed by atoms with van der Waals surface area (Å²) in [5, 5.41) is 3.81. The van der Waals surface area contributed by atoms with Gasteiger partial charge in [-0.1, -0.05) is 33.8 Å². The molecule has 0 aliphatic rings. The van der Waals surface area contributed by atoms with Gasteiger partial charge in [0.05, 0.1) is 0 Å². The number of fused-ring (bicyclic) bond motifs is 1. The number of hydrogen-bond acceptors (Lipinski definition) is 3. The molecule has 1 aromatic carbocycles. The van der Waals surface area contributed by atoms with Crippen molar-refractivity contribution in [1.82, 2.24) is 0 Å². The first kappa shape index (κ1) is 20.8. The van der Waals surface area contributed by atoms with Crippen molar-refractivity contribution in [3.63, 3.8) is 0 Å². The minimum atomic E-state index is -0.525. The molecule has 1 N–H and O–H groups in total. The van der Waals surface area contributed by atoms with Crippen LogP contribution in [0.2, 0.25) is 0 Å². The van der Waals surface area contributed by atoms with Gasteiger partial charge < -0.3 is 9.15 Å². The van der Waals surface area contributed by atoms with Gasteiger partial charge in [0.2, 0.25) is 0 Å². The van der Waals surface area contributed by atoms with Crippen molar-refractivity contribution in [3.8, 4) is 0 Å². The molecule has 4 heteroatoms. The minimum absolute atomic E-state index is 0.354. The van der Waals surface area contributed by atoms with Crippen molar-refractivity contribution in [2.75, 3.05) is 5.32 Å². The molecule has 0 aliphatic heterocycles. The first-order valence-corrected chi connectivity index (χ1v) is 8.90. The van der Waals surface area contributed by atoms with Crippen molar-refractivity contribution in [2.24, 2.45) is 0 Å².